The summed E-state index contributed by atoms with van der Waals surface area (Å²) in [5.74, 6) is 0. The average molecular weight is 305 g/mol. The molecule has 0 saturated carbocycles. The Kier molecular flexibility index (Phi) is 5.12. The molecule has 0 saturated heterocycles. The van der Waals surface area contributed by atoms with Gasteiger partial charge < -0.3 is 5.11 Å². The lowest BCUT2D eigenvalue weighted by atomic mass is 10.1. The van der Waals surface area contributed by atoms with Gasteiger partial charge in [-0.05, 0) is 29.7 Å². The van der Waals surface area contributed by atoms with Crippen molar-refractivity contribution < 1.29 is 13.5 Å². The number of hydrogen-bond donors (Lipinski definition) is 2. The highest BCUT2D eigenvalue weighted by atomic mass is 32.2. The molecule has 21 heavy (non-hydrogen) atoms. The SMILES string of the molecule is CCC(CO)NS(=O)(=O)c1ccc(-c2ccccc2)cc1. The maximum absolute atomic E-state index is 12.2. The van der Waals surface area contributed by atoms with Gasteiger partial charge in [0.15, 0.2) is 0 Å². The molecular formula is C16H19NO3S. The summed E-state index contributed by atoms with van der Waals surface area (Å²) in [5, 5.41) is 9.10. The van der Waals surface area contributed by atoms with Crippen LogP contribution in [-0.4, -0.2) is 26.2 Å². The third-order valence-electron chi connectivity index (χ3n) is 3.31. The zero-order valence-electron chi connectivity index (χ0n) is 11.9. The second-order valence-corrected chi connectivity index (χ2v) is 6.51. The van der Waals surface area contributed by atoms with Gasteiger partial charge in [0.05, 0.1) is 11.5 Å². The Morgan fingerprint density at radius 2 is 1.57 bits per heavy atom. The molecule has 0 bridgehead atoms. The van der Waals surface area contributed by atoms with Gasteiger partial charge in [-0.15, -0.1) is 0 Å². The van der Waals surface area contributed by atoms with Crippen molar-refractivity contribution >= 4 is 10.0 Å². The molecule has 1 unspecified atom stereocenters. The highest BCUT2D eigenvalue weighted by molar-refractivity contribution is 7.89. The van der Waals surface area contributed by atoms with Crippen LogP contribution in [0.5, 0.6) is 0 Å². The fraction of sp³-hybridized carbons (Fsp3) is 0.250. The lowest BCUT2D eigenvalue weighted by molar-refractivity contribution is 0.254. The van der Waals surface area contributed by atoms with Gasteiger partial charge in [0.25, 0.3) is 0 Å². The molecule has 0 aliphatic carbocycles. The van der Waals surface area contributed by atoms with Crippen molar-refractivity contribution in [2.24, 2.45) is 0 Å². The summed E-state index contributed by atoms with van der Waals surface area (Å²) < 4.78 is 26.9. The van der Waals surface area contributed by atoms with E-state index in [9.17, 15) is 8.42 Å². The van der Waals surface area contributed by atoms with Crippen LogP contribution in [0, 0.1) is 0 Å². The first kappa shape index (κ1) is 15.7. The quantitative estimate of drug-likeness (QED) is 0.861. The predicted octanol–water partition coefficient (Wildman–Crippen LogP) is 2.40. The molecule has 2 aromatic carbocycles. The number of nitrogens with one attached hydrogen (secondary N) is 1. The summed E-state index contributed by atoms with van der Waals surface area (Å²) in [4.78, 5) is 0.203. The van der Waals surface area contributed by atoms with Crippen LogP contribution in [0.4, 0.5) is 0 Å². The largest absolute Gasteiger partial charge is 0.395 e. The van der Waals surface area contributed by atoms with Gasteiger partial charge in [-0.1, -0.05) is 49.4 Å². The van der Waals surface area contributed by atoms with Gasteiger partial charge in [-0.3, -0.25) is 0 Å². The Bertz CT molecular complexity index is 662. The number of aliphatic hydroxyl groups is 1. The van der Waals surface area contributed by atoms with Gasteiger partial charge in [0.2, 0.25) is 10.0 Å². The van der Waals surface area contributed by atoms with Crippen molar-refractivity contribution in [3.05, 3.63) is 54.6 Å². The molecule has 0 amide bonds. The maximum atomic E-state index is 12.2. The summed E-state index contributed by atoms with van der Waals surface area (Å²) in [7, 11) is -3.59. The number of rotatable bonds is 6. The van der Waals surface area contributed by atoms with Crippen molar-refractivity contribution in [2.75, 3.05) is 6.61 Å². The smallest absolute Gasteiger partial charge is 0.240 e. The highest BCUT2D eigenvalue weighted by Crippen LogP contribution is 2.21. The topological polar surface area (TPSA) is 66.4 Å². The van der Waals surface area contributed by atoms with Crippen LogP contribution >= 0.6 is 0 Å². The summed E-state index contributed by atoms with van der Waals surface area (Å²) >= 11 is 0. The third-order valence-corrected chi connectivity index (χ3v) is 4.84. The van der Waals surface area contributed by atoms with Crippen molar-refractivity contribution in [1.82, 2.24) is 4.72 Å². The van der Waals surface area contributed by atoms with Gasteiger partial charge in [-0.2, -0.15) is 0 Å². The van der Waals surface area contributed by atoms with E-state index >= 15 is 0 Å². The van der Waals surface area contributed by atoms with E-state index in [1.807, 2.05) is 37.3 Å². The molecule has 0 aromatic heterocycles. The Balaban J connectivity index is 2.22. The molecule has 0 spiro atoms. The van der Waals surface area contributed by atoms with Crippen LogP contribution in [0.25, 0.3) is 11.1 Å². The molecule has 5 heteroatoms. The standard InChI is InChI=1S/C16H19NO3S/c1-2-15(12-18)17-21(19,20)16-10-8-14(9-11-16)13-6-4-3-5-7-13/h3-11,15,17-18H,2,12H2,1H3. The molecule has 4 nitrogen and oxygen atoms in total. The lowest BCUT2D eigenvalue weighted by Crippen LogP contribution is -2.36. The second kappa shape index (κ2) is 6.85. The molecular weight excluding hydrogens is 286 g/mol. The number of aliphatic hydroxyl groups excluding tert-OH is 1. The van der Waals surface area contributed by atoms with Crippen molar-refractivity contribution in [1.29, 1.82) is 0 Å². The first-order valence-corrected chi connectivity index (χ1v) is 8.34. The fourth-order valence-electron chi connectivity index (χ4n) is 1.99. The molecule has 0 aliphatic rings. The van der Waals surface area contributed by atoms with Crippen molar-refractivity contribution in [3.63, 3.8) is 0 Å². The summed E-state index contributed by atoms with van der Waals surface area (Å²) in [5.41, 5.74) is 2.00. The first-order valence-electron chi connectivity index (χ1n) is 6.85. The summed E-state index contributed by atoms with van der Waals surface area (Å²) in [6, 6.07) is 16.0. The van der Waals surface area contributed by atoms with Crippen molar-refractivity contribution in [2.45, 2.75) is 24.3 Å². The molecule has 112 valence electrons. The summed E-state index contributed by atoms with van der Waals surface area (Å²) in [6.07, 6.45) is 0.540. The van der Waals surface area contributed by atoms with E-state index in [2.05, 4.69) is 4.72 Å². The Morgan fingerprint density at radius 3 is 2.10 bits per heavy atom. The lowest BCUT2D eigenvalue weighted by Gasteiger charge is -2.14. The molecule has 2 rings (SSSR count). The molecule has 0 aliphatic heterocycles. The fourth-order valence-corrected chi connectivity index (χ4v) is 3.30. The van der Waals surface area contributed by atoms with Crippen LogP contribution in [0.3, 0.4) is 0 Å². The van der Waals surface area contributed by atoms with Gasteiger partial charge in [0, 0.05) is 6.04 Å². The van der Waals surface area contributed by atoms with E-state index in [-0.39, 0.29) is 11.5 Å². The summed E-state index contributed by atoms with van der Waals surface area (Å²) in [6.45, 7) is 1.61. The first-order chi connectivity index (χ1) is 10.1. The molecule has 2 aromatic rings. The van der Waals surface area contributed by atoms with Gasteiger partial charge in [-0.25, -0.2) is 13.1 Å². The third kappa shape index (κ3) is 3.91. The Labute approximate surface area is 125 Å². The molecule has 0 heterocycles. The minimum absolute atomic E-state index is 0.203. The Morgan fingerprint density at radius 1 is 1.00 bits per heavy atom. The molecule has 2 N–H and O–H groups in total. The second-order valence-electron chi connectivity index (χ2n) is 4.80. The van der Waals surface area contributed by atoms with E-state index < -0.39 is 16.1 Å². The molecule has 0 radical (unpaired) electrons. The van der Waals surface area contributed by atoms with Gasteiger partial charge in [0.1, 0.15) is 0 Å². The normalized spacial score (nSPS) is 13.0. The molecule has 1 atom stereocenters. The predicted molar refractivity (Wildman–Crippen MR) is 83.4 cm³/mol. The minimum Gasteiger partial charge on any atom is -0.395 e. The van der Waals surface area contributed by atoms with Crippen LogP contribution in [-0.2, 0) is 10.0 Å². The maximum Gasteiger partial charge on any atom is 0.240 e. The van der Waals surface area contributed by atoms with Crippen LogP contribution < -0.4 is 4.72 Å². The highest BCUT2D eigenvalue weighted by Gasteiger charge is 2.18. The van der Waals surface area contributed by atoms with E-state index in [0.29, 0.717) is 6.42 Å². The van der Waals surface area contributed by atoms with Crippen LogP contribution in [0.2, 0.25) is 0 Å². The van der Waals surface area contributed by atoms with Crippen molar-refractivity contribution in [3.8, 4) is 11.1 Å². The number of sulfonamides is 1. The van der Waals surface area contributed by atoms with E-state index in [4.69, 9.17) is 5.11 Å². The van der Waals surface area contributed by atoms with Crippen LogP contribution in [0.1, 0.15) is 13.3 Å². The van der Waals surface area contributed by atoms with E-state index in [0.717, 1.165) is 11.1 Å². The van der Waals surface area contributed by atoms with Crippen LogP contribution in [0.15, 0.2) is 59.5 Å². The Hall–Kier alpha value is -1.69. The monoisotopic (exact) mass is 305 g/mol. The zero-order valence-corrected chi connectivity index (χ0v) is 12.7. The minimum atomic E-state index is -3.59. The number of benzene rings is 2. The van der Waals surface area contributed by atoms with E-state index in [1.165, 1.54) is 0 Å². The van der Waals surface area contributed by atoms with E-state index in [1.54, 1.807) is 24.3 Å². The zero-order chi connectivity index (χ0) is 15.3. The van der Waals surface area contributed by atoms with Gasteiger partial charge >= 0.3 is 0 Å². The average Bonchev–Trinajstić information content (AvgIpc) is 2.53. The number of hydrogen-bond acceptors (Lipinski definition) is 3. The molecule has 0 fully saturated rings.